The number of halogens is 1. The SMILES string of the molecule is CC1(c2c[nH]n3c2nc2cc(F)cc(C(N)=O)c23)CCN2CC3(CCC3)CN2CC1. The van der Waals surface area contributed by atoms with Crippen LogP contribution in [0.1, 0.15) is 54.9 Å². The van der Waals surface area contributed by atoms with Gasteiger partial charge in [0.1, 0.15) is 11.3 Å². The third-order valence-corrected chi connectivity index (χ3v) is 7.90. The Hall–Kier alpha value is -2.45. The lowest BCUT2D eigenvalue weighted by Gasteiger charge is -2.37. The van der Waals surface area contributed by atoms with Gasteiger partial charge < -0.3 is 5.73 Å². The van der Waals surface area contributed by atoms with E-state index < -0.39 is 11.7 Å². The number of hydrazine groups is 1. The van der Waals surface area contributed by atoms with Crippen LogP contribution in [0.4, 0.5) is 4.39 Å². The molecular weight excluding hydrogens is 383 g/mol. The molecule has 0 bridgehead atoms. The zero-order valence-electron chi connectivity index (χ0n) is 17.2. The number of nitrogens with one attached hydrogen (secondary N) is 1. The van der Waals surface area contributed by atoms with Crippen LogP contribution in [0, 0.1) is 11.2 Å². The summed E-state index contributed by atoms with van der Waals surface area (Å²) in [7, 11) is 0. The van der Waals surface area contributed by atoms with Gasteiger partial charge in [-0.1, -0.05) is 13.3 Å². The number of fused-ring (bicyclic) bond motifs is 4. The molecule has 3 aliphatic rings. The molecule has 1 saturated carbocycles. The summed E-state index contributed by atoms with van der Waals surface area (Å²) in [6.07, 6.45) is 8.18. The van der Waals surface area contributed by atoms with E-state index in [1.54, 1.807) is 4.52 Å². The van der Waals surface area contributed by atoms with Crippen LogP contribution < -0.4 is 5.73 Å². The molecule has 0 radical (unpaired) electrons. The summed E-state index contributed by atoms with van der Waals surface area (Å²) in [5.41, 5.74) is 9.03. The van der Waals surface area contributed by atoms with E-state index in [9.17, 15) is 9.18 Å². The highest BCUT2D eigenvalue weighted by Crippen LogP contribution is 2.48. The first-order chi connectivity index (χ1) is 14.4. The molecule has 3 N–H and O–H groups in total. The van der Waals surface area contributed by atoms with Crippen LogP contribution in [0.25, 0.3) is 16.7 Å². The average Bonchev–Trinajstić information content (AvgIpc) is 3.32. The molecule has 0 unspecified atom stereocenters. The van der Waals surface area contributed by atoms with E-state index in [1.807, 2.05) is 6.20 Å². The molecule has 30 heavy (non-hydrogen) atoms. The van der Waals surface area contributed by atoms with Crippen LogP contribution in [-0.4, -0.2) is 56.7 Å². The molecule has 4 heterocycles. The number of hydrogen-bond acceptors (Lipinski definition) is 4. The zero-order valence-corrected chi connectivity index (χ0v) is 17.2. The minimum Gasteiger partial charge on any atom is -0.366 e. The largest absolute Gasteiger partial charge is 0.366 e. The first-order valence-corrected chi connectivity index (χ1v) is 10.9. The van der Waals surface area contributed by atoms with Crippen molar-refractivity contribution >= 4 is 22.6 Å². The number of carbonyl (C=O) groups excluding carboxylic acids is 1. The number of benzene rings is 1. The van der Waals surface area contributed by atoms with E-state index in [-0.39, 0.29) is 11.0 Å². The quantitative estimate of drug-likeness (QED) is 0.681. The number of hydrogen-bond donors (Lipinski definition) is 2. The number of rotatable bonds is 2. The van der Waals surface area contributed by atoms with Crippen LogP contribution >= 0.6 is 0 Å². The first kappa shape index (κ1) is 18.3. The summed E-state index contributed by atoms with van der Waals surface area (Å²) in [6.45, 7) is 6.77. The van der Waals surface area contributed by atoms with E-state index >= 15 is 0 Å². The lowest BCUT2D eigenvalue weighted by molar-refractivity contribution is 0.0388. The van der Waals surface area contributed by atoms with Crippen molar-refractivity contribution in [3.63, 3.8) is 0 Å². The molecule has 3 fully saturated rings. The van der Waals surface area contributed by atoms with E-state index in [0.29, 0.717) is 16.4 Å². The van der Waals surface area contributed by atoms with E-state index in [4.69, 9.17) is 10.7 Å². The predicted octanol–water partition coefficient (Wildman–Crippen LogP) is 2.81. The molecule has 7 nitrogen and oxygen atoms in total. The van der Waals surface area contributed by atoms with E-state index in [2.05, 4.69) is 22.0 Å². The Morgan fingerprint density at radius 1 is 1.17 bits per heavy atom. The number of H-pyrrole nitrogens is 1. The Balaban J connectivity index is 1.38. The molecule has 1 aromatic carbocycles. The lowest BCUT2D eigenvalue weighted by atomic mass is 9.69. The van der Waals surface area contributed by atoms with E-state index in [1.165, 1.54) is 44.5 Å². The van der Waals surface area contributed by atoms with Crippen molar-refractivity contribution < 1.29 is 9.18 Å². The smallest absolute Gasteiger partial charge is 0.251 e. The number of aromatic nitrogens is 3. The number of carbonyl (C=O) groups is 1. The second-order valence-corrected chi connectivity index (χ2v) is 9.83. The third kappa shape index (κ3) is 2.50. The number of aromatic amines is 1. The Labute approximate surface area is 174 Å². The van der Waals surface area contributed by atoms with Crippen LogP contribution in [0.5, 0.6) is 0 Å². The standard InChI is InChI=1S/C22H27FN6O/c1-21(5-7-27-12-22(3-2-4-22)13-28(27)8-6-21)16-11-25-29-18-15(19(24)30)9-14(23)10-17(18)26-20(16)29/h9-11,25H,2-8,12-13H2,1H3,(H2,24,30). The van der Waals surface area contributed by atoms with Crippen LogP contribution in [0.15, 0.2) is 18.3 Å². The summed E-state index contributed by atoms with van der Waals surface area (Å²) < 4.78 is 15.8. The maximum Gasteiger partial charge on any atom is 0.251 e. The summed E-state index contributed by atoms with van der Waals surface area (Å²) in [5.74, 6) is -1.16. The van der Waals surface area contributed by atoms with Gasteiger partial charge in [-0.2, -0.15) is 0 Å². The van der Waals surface area contributed by atoms with Gasteiger partial charge >= 0.3 is 0 Å². The Kier molecular flexibility index (Phi) is 3.69. The van der Waals surface area contributed by atoms with Gasteiger partial charge in [0.15, 0.2) is 5.65 Å². The molecule has 3 aromatic rings. The number of imidazole rings is 1. The summed E-state index contributed by atoms with van der Waals surface area (Å²) in [6, 6.07) is 2.55. The van der Waals surface area contributed by atoms with Gasteiger partial charge in [0.05, 0.1) is 11.1 Å². The molecule has 2 saturated heterocycles. The minimum atomic E-state index is -0.656. The molecule has 158 valence electrons. The van der Waals surface area contributed by atoms with Crippen molar-refractivity contribution in [1.82, 2.24) is 24.6 Å². The van der Waals surface area contributed by atoms with Gasteiger partial charge in [0, 0.05) is 49.4 Å². The fraction of sp³-hybridized carbons (Fsp3) is 0.545. The van der Waals surface area contributed by atoms with Crippen LogP contribution in [0.2, 0.25) is 0 Å². The molecule has 8 heteroatoms. The Bertz CT molecular complexity index is 1160. The summed E-state index contributed by atoms with van der Waals surface area (Å²) in [4.78, 5) is 16.6. The van der Waals surface area contributed by atoms with Gasteiger partial charge in [-0.15, -0.1) is 0 Å². The predicted molar refractivity (Wildman–Crippen MR) is 112 cm³/mol. The van der Waals surface area contributed by atoms with Crippen molar-refractivity contribution in [1.29, 1.82) is 0 Å². The number of nitrogens with two attached hydrogens (primary N) is 1. The van der Waals surface area contributed by atoms with Crippen molar-refractivity contribution in [2.45, 2.75) is 44.4 Å². The monoisotopic (exact) mass is 410 g/mol. The number of nitrogens with zero attached hydrogens (tertiary/aromatic N) is 4. The molecule has 1 spiro atoms. The van der Waals surface area contributed by atoms with Crippen molar-refractivity contribution in [3.8, 4) is 0 Å². The normalized spacial score (nSPS) is 23.7. The fourth-order valence-electron chi connectivity index (χ4n) is 5.91. The van der Waals surface area contributed by atoms with Gasteiger partial charge in [-0.05, 0) is 37.2 Å². The topological polar surface area (TPSA) is 82.7 Å². The van der Waals surface area contributed by atoms with Gasteiger partial charge in [-0.3, -0.25) is 9.89 Å². The summed E-state index contributed by atoms with van der Waals surface area (Å²) >= 11 is 0. The number of amides is 1. The highest BCUT2D eigenvalue weighted by molar-refractivity contribution is 6.05. The Morgan fingerprint density at radius 3 is 2.47 bits per heavy atom. The van der Waals surface area contributed by atoms with Gasteiger partial charge in [0.2, 0.25) is 0 Å². The molecule has 1 aliphatic carbocycles. The van der Waals surface area contributed by atoms with Crippen LogP contribution in [-0.2, 0) is 5.41 Å². The number of primary amides is 1. The molecule has 1 amide bonds. The molecule has 2 aliphatic heterocycles. The van der Waals surface area contributed by atoms with Crippen molar-refractivity contribution in [3.05, 3.63) is 35.3 Å². The van der Waals surface area contributed by atoms with Crippen molar-refractivity contribution in [2.75, 3.05) is 26.2 Å². The maximum absolute atomic E-state index is 14.0. The van der Waals surface area contributed by atoms with Crippen molar-refractivity contribution in [2.24, 2.45) is 11.1 Å². The summed E-state index contributed by atoms with van der Waals surface area (Å²) in [5, 5.41) is 8.38. The zero-order chi connectivity index (χ0) is 20.7. The van der Waals surface area contributed by atoms with Gasteiger partial charge in [-0.25, -0.2) is 23.9 Å². The minimum absolute atomic E-state index is 0.0504. The first-order valence-electron chi connectivity index (χ1n) is 10.9. The van der Waals surface area contributed by atoms with E-state index in [0.717, 1.165) is 37.1 Å². The van der Waals surface area contributed by atoms with Gasteiger partial charge in [0.25, 0.3) is 5.91 Å². The average molecular weight is 410 g/mol. The molecular formula is C22H27FN6O. The fourth-order valence-corrected chi connectivity index (χ4v) is 5.91. The highest BCUT2D eigenvalue weighted by Gasteiger charge is 2.48. The second kappa shape index (κ2) is 6.04. The maximum atomic E-state index is 14.0. The molecule has 6 rings (SSSR count). The third-order valence-electron chi connectivity index (χ3n) is 7.90. The second-order valence-electron chi connectivity index (χ2n) is 9.83. The lowest BCUT2D eigenvalue weighted by Crippen LogP contribution is -2.36. The van der Waals surface area contributed by atoms with Crippen LogP contribution in [0.3, 0.4) is 0 Å². The Morgan fingerprint density at radius 2 is 1.87 bits per heavy atom. The highest BCUT2D eigenvalue weighted by atomic mass is 19.1. The molecule has 2 aromatic heterocycles. The molecule has 0 atom stereocenters.